The molecule has 0 saturated carbocycles. The highest BCUT2D eigenvalue weighted by Gasteiger charge is 2.27. The lowest BCUT2D eigenvalue weighted by atomic mass is 10.0. The summed E-state index contributed by atoms with van der Waals surface area (Å²) in [5.41, 5.74) is 2.10. The van der Waals surface area contributed by atoms with Gasteiger partial charge >= 0.3 is 6.09 Å². The number of rotatable bonds is 0. The number of carbonyl (C=O) groups is 1. The Morgan fingerprint density at radius 1 is 1.37 bits per heavy atom. The third-order valence-electron chi connectivity index (χ3n) is 2.95. The Morgan fingerprint density at radius 2 is 2.05 bits per heavy atom. The van der Waals surface area contributed by atoms with E-state index in [4.69, 9.17) is 4.74 Å². The van der Waals surface area contributed by atoms with Crippen molar-refractivity contribution in [3.05, 3.63) is 31.3 Å². The number of benzene rings is 1. The van der Waals surface area contributed by atoms with E-state index in [0.717, 1.165) is 10.9 Å². The standard InChI is InChI=1S/C14H17BrINO2/c1-14(2,3)19-13(18)17-7-6-9-10(8-17)12(16)5-4-11(9)15/h4-5H,6-8H2,1-3H3. The zero-order valence-electron chi connectivity index (χ0n) is 11.3. The molecule has 2 rings (SSSR count). The molecule has 0 bridgehead atoms. The van der Waals surface area contributed by atoms with Crippen molar-refractivity contribution in [2.45, 2.75) is 39.3 Å². The van der Waals surface area contributed by atoms with Gasteiger partial charge in [-0.2, -0.15) is 0 Å². The number of hydrogen-bond donors (Lipinski definition) is 0. The molecule has 19 heavy (non-hydrogen) atoms. The lowest BCUT2D eigenvalue weighted by Gasteiger charge is -2.32. The predicted molar refractivity (Wildman–Crippen MR) is 87.2 cm³/mol. The maximum absolute atomic E-state index is 12.1. The highest BCUT2D eigenvalue weighted by molar-refractivity contribution is 14.1. The Balaban J connectivity index is 2.18. The van der Waals surface area contributed by atoms with Gasteiger partial charge < -0.3 is 9.64 Å². The lowest BCUT2D eigenvalue weighted by Crippen LogP contribution is -2.40. The quantitative estimate of drug-likeness (QED) is 0.565. The lowest BCUT2D eigenvalue weighted by molar-refractivity contribution is 0.0223. The summed E-state index contributed by atoms with van der Waals surface area (Å²) in [5, 5.41) is 0. The molecule has 0 spiro atoms. The summed E-state index contributed by atoms with van der Waals surface area (Å²) >= 11 is 5.91. The van der Waals surface area contributed by atoms with E-state index >= 15 is 0 Å². The van der Waals surface area contributed by atoms with Crippen LogP contribution in [0.3, 0.4) is 0 Å². The Kier molecular flexibility index (Phi) is 4.45. The minimum absolute atomic E-state index is 0.228. The normalized spacial score (nSPS) is 15.1. The molecule has 104 valence electrons. The molecule has 0 aliphatic carbocycles. The SMILES string of the molecule is CC(C)(C)OC(=O)N1CCc2c(Br)ccc(I)c2C1. The van der Waals surface area contributed by atoms with Gasteiger partial charge in [0.05, 0.1) is 6.54 Å². The van der Waals surface area contributed by atoms with Crippen LogP contribution in [0.5, 0.6) is 0 Å². The summed E-state index contributed by atoms with van der Waals surface area (Å²) in [6.45, 7) is 7.01. The van der Waals surface area contributed by atoms with E-state index in [1.54, 1.807) is 4.90 Å². The molecule has 1 aromatic rings. The number of carbonyl (C=O) groups excluding carboxylic acids is 1. The van der Waals surface area contributed by atoms with Crippen LogP contribution in [-0.2, 0) is 17.7 Å². The van der Waals surface area contributed by atoms with Gasteiger partial charge in [-0.3, -0.25) is 0 Å². The van der Waals surface area contributed by atoms with E-state index in [9.17, 15) is 4.79 Å². The molecule has 5 heteroatoms. The van der Waals surface area contributed by atoms with Crippen molar-refractivity contribution < 1.29 is 9.53 Å². The summed E-state index contributed by atoms with van der Waals surface area (Å²) < 4.78 is 7.76. The van der Waals surface area contributed by atoms with E-state index in [2.05, 4.69) is 50.7 Å². The summed E-state index contributed by atoms with van der Waals surface area (Å²) in [6, 6.07) is 4.14. The first kappa shape index (κ1) is 15.1. The van der Waals surface area contributed by atoms with Gasteiger partial charge in [-0.1, -0.05) is 15.9 Å². The van der Waals surface area contributed by atoms with Gasteiger partial charge in [0, 0.05) is 14.6 Å². The zero-order valence-corrected chi connectivity index (χ0v) is 15.0. The molecular formula is C14H17BrINO2. The minimum atomic E-state index is -0.443. The molecule has 0 aromatic heterocycles. The molecular weight excluding hydrogens is 421 g/mol. The summed E-state index contributed by atoms with van der Waals surface area (Å²) in [7, 11) is 0. The molecule has 0 saturated heterocycles. The third-order valence-corrected chi connectivity index (χ3v) is 4.70. The van der Waals surface area contributed by atoms with Gasteiger partial charge in [0.1, 0.15) is 5.60 Å². The molecule has 1 heterocycles. The number of hydrogen-bond acceptors (Lipinski definition) is 2. The molecule has 0 fully saturated rings. The van der Waals surface area contributed by atoms with Crippen LogP contribution < -0.4 is 0 Å². The second-order valence-electron chi connectivity index (χ2n) is 5.64. The monoisotopic (exact) mass is 437 g/mol. The topological polar surface area (TPSA) is 29.5 Å². The van der Waals surface area contributed by atoms with Crippen molar-refractivity contribution in [3.63, 3.8) is 0 Å². The molecule has 0 unspecified atom stereocenters. The van der Waals surface area contributed by atoms with Crippen LogP contribution in [0.15, 0.2) is 16.6 Å². The molecule has 3 nitrogen and oxygen atoms in total. The van der Waals surface area contributed by atoms with Crippen LogP contribution in [-0.4, -0.2) is 23.1 Å². The number of ether oxygens (including phenoxy) is 1. The maximum Gasteiger partial charge on any atom is 0.410 e. The smallest absolute Gasteiger partial charge is 0.410 e. The highest BCUT2D eigenvalue weighted by atomic mass is 127. The molecule has 0 radical (unpaired) electrons. The van der Waals surface area contributed by atoms with E-state index < -0.39 is 5.60 Å². The largest absolute Gasteiger partial charge is 0.444 e. The van der Waals surface area contributed by atoms with Crippen LogP contribution in [0, 0.1) is 3.57 Å². The average Bonchev–Trinajstić information content (AvgIpc) is 2.31. The van der Waals surface area contributed by atoms with Crippen LogP contribution in [0.25, 0.3) is 0 Å². The predicted octanol–water partition coefficient (Wildman–Crippen LogP) is 4.35. The fourth-order valence-electron chi connectivity index (χ4n) is 2.08. The fraction of sp³-hybridized carbons (Fsp3) is 0.500. The number of halogens is 2. The van der Waals surface area contributed by atoms with Crippen molar-refractivity contribution >= 4 is 44.6 Å². The Hall–Kier alpha value is -0.300. The van der Waals surface area contributed by atoms with Gasteiger partial charge in [-0.05, 0) is 73.0 Å². The highest BCUT2D eigenvalue weighted by Crippen LogP contribution is 2.30. The minimum Gasteiger partial charge on any atom is -0.444 e. The molecule has 0 N–H and O–H groups in total. The first-order valence-electron chi connectivity index (χ1n) is 6.21. The van der Waals surface area contributed by atoms with Crippen LogP contribution in [0.2, 0.25) is 0 Å². The number of amides is 1. The Labute approximate surface area is 136 Å². The Bertz CT molecular complexity index is 511. The van der Waals surface area contributed by atoms with Gasteiger partial charge in [0.25, 0.3) is 0 Å². The summed E-state index contributed by atoms with van der Waals surface area (Å²) in [4.78, 5) is 13.9. The van der Waals surface area contributed by atoms with Crippen molar-refractivity contribution in [2.75, 3.05) is 6.54 Å². The van der Waals surface area contributed by atoms with Crippen LogP contribution >= 0.6 is 38.5 Å². The van der Waals surface area contributed by atoms with Gasteiger partial charge in [-0.25, -0.2) is 4.79 Å². The molecule has 1 aliphatic rings. The van der Waals surface area contributed by atoms with E-state index in [0.29, 0.717) is 13.1 Å². The third kappa shape index (κ3) is 3.62. The first-order valence-corrected chi connectivity index (χ1v) is 8.09. The molecule has 1 aromatic carbocycles. The second kappa shape index (κ2) is 5.60. The van der Waals surface area contributed by atoms with Crippen molar-refractivity contribution in [1.29, 1.82) is 0 Å². The van der Waals surface area contributed by atoms with Crippen molar-refractivity contribution in [1.82, 2.24) is 4.90 Å². The average molecular weight is 438 g/mol. The molecule has 1 aliphatic heterocycles. The van der Waals surface area contributed by atoms with Crippen molar-refractivity contribution in [2.24, 2.45) is 0 Å². The van der Waals surface area contributed by atoms with Gasteiger partial charge in [0.2, 0.25) is 0 Å². The van der Waals surface area contributed by atoms with Crippen molar-refractivity contribution in [3.8, 4) is 0 Å². The van der Waals surface area contributed by atoms with Crippen LogP contribution in [0.4, 0.5) is 4.79 Å². The van der Waals surface area contributed by atoms with Gasteiger partial charge in [0.15, 0.2) is 0 Å². The summed E-state index contributed by atoms with van der Waals surface area (Å²) in [6.07, 6.45) is 0.639. The van der Waals surface area contributed by atoms with E-state index in [1.807, 2.05) is 20.8 Å². The fourth-order valence-corrected chi connectivity index (χ4v) is 3.32. The zero-order chi connectivity index (χ0) is 14.2. The second-order valence-corrected chi connectivity index (χ2v) is 7.65. The molecule has 0 atom stereocenters. The van der Waals surface area contributed by atoms with E-state index in [-0.39, 0.29) is 6.09 Å². The Morgan fingerprint density at radius 3 is 2.68 bits per heavy atom. The number of fused-ring (bicyclic) bond motifs is 1. The van der Waals surface area contributed by atoms with E-state index in [1.165, 1.54) is 14.7 Å². The maximum atomic E-state index is 12.1. The van der Waals surface area contributed by atoms with Crippen LogP contribution in [0.1, 0.15) is 31.9 Å². The summed E-state index contributed by atoms with van der Waals surface area (Å²) in [5.74, 6) is 0. The first-order chi connectivity index (χ1) is 8.78. The van der Waals surface area contributed by atoms with Gasteiger partial charge in [-0.15, -0.1) is 0 Å². The molecule has 1 amide bonds. The number of nitrogens with zero attached hydrogens (tertiary/aromatic N) is 1.